The van der Waals surface area contributed by atoms with Crippen LogP contribution in [0.2, 0.25) is 0 Å². The van der Waals surface area contributed by atoms with E-state index in [9.17, 15) is 0 Å². The van der Waals surface area contributed by atoms with Gasteiger partial charge in [-0.15, -0.1) is 0 Å². The fourth-order valence-electron chi connectivity index (χ4n) is 1.74. The van der Waals surface area contributed by atoms with Crippen molar-refractivity contribution in [2.45, 2.75) is 19.9 Å². The summed E-state index contributed by atoms with van der Waals surface area (Å²) in [7, 11) is 1.81. The predicted molar refractivity (Wildman–Crippen MR) is 74.8 cm³/mol. The van der Waals surface area contributed by atoms with E-state index in [0.29, 0.717) is 5.95 Å². The van der Waals surface area contributed by atoms with Crippen LogP contribution in [0.15, 0.2) is 36.5 Å². The highest BCUT2D eigenvalue weighted by molar-refractivity contribution is 5.47. The maximum Gasteiger partial charge on any atom is 0.224 e. The van der Waals surface area contributed by atoms with Crippen molar-refractivity contribution in [2.24, 2.45) is 0 Å². The molecule has 0 amide bonds. The lowest BCUT2D eigenvalue weighted by atomic mass is 10.1. The molecule has 0 saturated heterocycles. The van der Waals surface area contributed by atoms with E-state index in [4.69, 9.17) is 0 Å². The summed E-state index contributed by atoms with van der Waals surface area (Å²) in [6.07, 6.45) is 1.82. The number of nitrogens with one attached hydrogen (secondary N) is 2. The highest BCUT2D eigenvalue weighted by Crippen LogP contribution is 2.20. The molecule has 0 aliphatic heterocycles. The molecule has 0 aliphatic carbocycles. The topological polar surface area (TPSA) is 49.8 Å². The summed E-state index contributed by atoms with van der Waals surface area (Å²) in [6.45, 7) is 4.12. The van der Waals surface area contributed by atoms with Gasteiger partial charge in [-0.25, -0.2) is 4.98 Å². The van der Waals surface area contributed by atoms with Crippen molar-refractivity contribution in [1.82, 2.24) is 9.97 Å². The summed E-state index contributed by atoms with van der Waals surface area (Å²) >= 11 is 0. The third-order valence-corrected chi connectivity index (χ3v) is 2.85. The Morgan fingerprint density at radius 3 is 2.56 bits per heavy atom. The van der Waals surface area contributed by atoms with Gasteiger partial charge in [0, 0.05) is 24.8 Å². The van der Waals surface area contributed by atoms with Crippen molar-refractivity contribution in [1.29, 1.82) is 0 Å². The highest BCUT2D eigenvalue weighted by Gasteiger charge is 2.08. The molecule has 1 heterocycles. The second-order valence-corrected chi connectivity index (χ2v) is 4.25. The maximum absolute atomic E-state index is 4.42. The molecule has 2 N–H and O–H groups in total. The van der Waals surface area contributed by atoms with Crippen LogP contribution >= 0.6 is 0 Å². The largest absolute Gasteiger partial charge is 0.363 e. The van der Waals surface area contributed by atoms with E-state index < -0.39 is 0 Å². The first-order valence-electron chi connectivity index (χ1n) is 6.03. The van der Waals surface area contributed by atoms with Gasteiger partial charge in [0.05, 0.1) is 0 Å². The van der Waals surface area contributed by atoms with Gasteiger partial charge < -0.3 is 10.6 Å². The molecule has 0 bridgehead atoms. The Morgan fingerprint density at radius 2 is 1.89 bits per heavy atom. The molecule has 4 heteroatoms. The van der Waals surface area contributed by atoms with E-state index in [1.807, 2.05) is 38.4 Å². The zero-order chi connectivity index (χ0) is 13.0. The summed E-state index contributed by atoms with van der Waals surface area (Å²) in [4.78, 5) is 8.60. The van der Waals surface area contributed by atoms with Crippen molar-refractivity contribution in [3.63, 3.8) is 0 Å². The van der Waals surface area contributed by atoms with Crippen LogP contribution in [0.3, 0.4) is 0 Å². The monoisotopic (exact) mass is 242 g/mol. The fraction of sp³-hybridized carbons (Fsp3) is 0.286. The first kappa shape index (κ1) is 12.4. The highest BCUT2D eigenvalue weighted by atomic mass is 15.1. The summed E-state index contributed by atoms with van der Waals surface area (Å²) in [5, 5.41) is 6.36. The minimum absolute atomic E-state index is 0.213. The Hall–Kier alpha value is -2.10. The predicted octanol–water partition coefficient (Wildman–Crippen LogP) is 3.00. The summed E-state index contributed by atoms with van der Waals surface area (Å²) in [5.41, 5.74) is 2.28. The minimum atomic E-state index is 0.213. The third kappa shape index (κ3) is 2.77. The molecule has 2 rings (SSSR count). The quantitative estimate of drug-likeness (QED) is 0.865. The van der Waals surface area contributed by atoms with Gasteiger partial charge in [-0.3, -0.25) is 0 Å². The van der Waals surface area contributed by atoms with Crippen LogP contribution in [0, 0.1) is 6.92 Å². The van der Waals surface area contributed by atoms with Gasteiger partial charge in [0.25, 0.3) is 0 Å². The lowest BCUT2D eigenvalue weighted by Crippen LogP contribution is -2.10. The smallest absolute Gasteiger partial charge is 0.224 e. The van der Waals surface area contributed by atoms with Crippen molar-refractivity contribution in [3.05, 3.63) is 47.7 Å². The Bertz CT molecular complexity index is 510. The van der Waals surface area contributed by atoms with Gasteiger partial charge in [-0.1, -0.05) is 30.3 Å². The van der Waals surface area contributed by atoms with Crippen LogP contribution in [-0.4, -0.2) is 17.0 Å². The van der Waals surface area contributed by atoms with Crippen LogP contribution < -0.4 is 10.6 Å². The number of hydrogen-bond acceptors (Lipinski definition) is 4. The van der Waals surface area contributed by atoms with E-state index in [0.717, 1.165) is 11.4 Å². The molecule has 2 aromatic rings. The molecular weight excluding hydrogens is 224 g/mol. The Morgan fingerprint density at radius 1 is 1.17 bits per heavy atom. The van der Waals surface area contributed by atoms with E-state index in [2.05, 4.69) is 39.7 Å². The van der Waals surface area contributed by atoms with E-state index in [1.54, 1.807) is 0 Å². The van der Waals surface area contributed by atoms with Gasteiger partial charge >= 0.3 is 0 Å². The number of rotatable bonds is 4. The van der Waals surface area contributed by atoms with Crippen molar-refractivity contribution >= 4 is 11.8 Å². The molecule has 94 valence electrons. The van der Waals surface area contributed by atoms with Crippen molar-refractivity contribution < 1.29 is 0 Å². The lowest BCUT2D eigenvalue weighted by molar-refractivity contribution is 0.868. The van der Waals surface area contributed by atoms with Gasteiger partial charge in [0.2, 0.25) is 5.95 Å². The van der Waals surface area contributed by atoms with Crippen LogP contribution in [0.4, 0.5) is 11.8 Å². The lowest BCUT2D eigenvalue weighted by Gasteiger charge is -2.16. The van der Waals surface area contributed by atoms with Crippen molar-refractivity contribution in [2.75, 3.05) is 17.7 Å². The average molecular weight is 242 g/mol. The molecule has 18 heavy (non-hydrogen) atoms. The van der Waals surface area contributed by atoms with Crippen LogP contribution in [0.5, 0.6) is 0 Å². The zero-order valence-electron chi connectivity index (χ0n) is 10.9. The van der Waals surface area contributed by atoms with Gasteiger partial charge in [-0.05, 0) is 19.4 Å². The number of hydrogen-bond donors (Lipinski definition) is 2. The fourth-order valence-corrected chi connectivity index (χ4v) is 1.74. The first-order valence-corrected chi connectivity index (χ1v) is 6.03. The van der Waals surface area contributed by atoms with Gasteiger partial charge in [0.1, 0.15) is 5.82 Å². The molecule has 0 fully saturated rings. The molecule has 1 atom stereocenters. The summed E-state index contributed by atoms with van der Waals surface area (Å²) in [6, 6.07) is 10.5. The SMILES string of the molecule is CNc1ncc(C)c(NC(C)c2ccccc2)n1. The molecule has 1 unspecified atom stereocenters. The van der Waals surface area contributed by atoms with Crippen LogP contribution in [0.25, 0.3) is 0 Å². The normalized spacial score (nSPS) is 11.9. The number of aryl methyl sites for hydroxylation is 1. The summed E-state index contributed by atoms with van der Waals surface area (Å²) < 4.78 is 0. The van der Waals surface area contributed by atoms with Crippen LogP contribution in [-0.2, 0) is 0 Å². The Labute approximate surface area is 107 Å². The summed E-state index contributed by atoms with van der Waals surface area (Å²) in [5.74, 6) is 1.49. The molecule has 0 radical (unpaired) electrons. The standard InChI is InChI=1S/C14H18N4/c1-10-9-16-14(15-3)18-13(10)17-11(2)12-7-5-4-6-8-12/h4-9,11H,1-3H3,(H2,15,16,17,18). The molecule has 4 nitrogen and oxygen atoms in total. The molecule has 0 saturated carbocycles. The Kier molecular flexibility index (Phi) is 3.77. The second kappa shape index (κ2) is 5.49. The van der Waals surface area contributed by atoms with E-state index in [1.165, 1.54) is 5.56 Å². The van der Waals surface area contributed by atoms with Gasteiger partial charge in [0.15, 0.2) is 0 Å². The first-order chi connectivity index (χ1) is 8.70. The zero-order valence-corrected chi connectivity index (χ0v) is 10.9. The molecule has 0 spiro atoms. The van der Waals surface area contributed by atoms with E-state index in [-0.39, 0.29) is 6.04 Å². The van der Waals surface area contributed by atoms with E-state index >= 15 is 0 Å². The second-order valence-electron chi connectivity index (χ2n) is 4.25. The van der Waals surface area contributed by atoms with Crippen LogP contribution in [0.1, 0.15) is 24.1 Å². The number of nitrogens with zero attached hydrogens (tertiary/aromatic N) is 2. The average Bonchev–Trinajstić information content (AvgIpc) is 2.42. The minimum Gasteiger partial charge on any atom is -0.363 e. The molecule has 1 aromatic carbocycles. The number of benzene rings is 1. The molecular formula is C14H18N4. The molecule has 1 aromatic heterocycles. The maximum atomic E-state index is 4.42. The molecule has 0 aliphatic rings. The third-order valence-electron chi connectivity index (χ3n) is 2.85. The van der Waals surface area contributed by atoms with Gasteiger partial charge in [-0.2, -0.15) is 4.98 Å². The number of aromatic nitrogens is 2. The number of anilines is 2. The Balaban J connectivity index is 2.18. The van der Waals surface area contributed by atoms with Crippen molar-refractivity contribution in [3.8, 4) is 0 Å².